The zero-order valence-electron chi connectivity index (χ0n) is 15.6. The molecular weight excluding hydrogens is 310 g/mol. The van der Waals surface area contributed by atoms with Crippen LogP contribution in [0.1, 0.15) is 44.0 Å². The predicted molar refractivity (Wildman–Crippen MR) is 103 cm³/mol. The van der Waals surface area contributed by atoms with Crippen LogP contribution >= 0.6 is 0 Å². The van der Waals surface area contributed by atoms with E-state index in [-0.39, 0.29) is 11.3 Å². The number of amides is 1. The van der Waals surface area contributed by atoms with Crippen molar-refractivity contribution in [2.75, 3.05) is 16.8 Å². The fourth-order valence-corrected chi connectivity index (χ4v) is 3.21. The molecule has 0 unspecified atom stereocenters. The molecule has 4 nitrogen and oxygen atoms in total. The zero-order valence-corrected chi connectivity index (χ0v) is 15.6. The van der Waals surface area contributed by atoms with Crippen LogP contribution in [-0.2, 0) is 17.8 Å². The van der Waals surface area contributed by atoms with Crippen molar-refractivity contribution in [1.29, 1.82) is 0 Å². The first kappa shape index (κ1) is 17.5. The third-order valence-corrected chi connectivity index (χ3v) is 4.39. The topological polar surface area (TPSA) is 45.2 Å². The second-order valence-electron chi connectivity index (χ2n) is 8.06. The van der Waals surface area contributed by atoms with Gasteiger partial charge in [0.25, 0.3) is 0 Å². The monoisotopic (exact) mass is 337 g/mol. The number of aryl methyl sites for hydroxylation is 1. The third kappa shape index (κ3) is 4.38. The molecule has 1 aliphatic heterocycles. The van der Waals surface area contributed by atoms with E-state index in [1.165, 1.54) is 11.3 Å². The van der Waals surface area contributed by atoms with E-state index in [0.29, 0.717) is 12.2 Å². The highest BCUT2D eigenvalue weighted by Crippen LogP contribution is 2.31. The maximum atomic E-state index is 12.2. The molecule has 1 aromatic carbocycles. The fourth-order valence-electron chi connectivity index (χ4n) is 3.21. The first-order valence-electron chi connectivity index (χ1n) is 8.91. The Balaban J connectivity index is 1.75. The number of fused-ring (bicyclic) bond motifs is 1. The van der Waals surface area contributed by atoms with Gasteiger partial charge in [-0.25, -0.2) is 4.98 Å². The van der Waals surface area contributed by atoms with Crippen LogP contribution in [0.3, 0.4) is 0 Å². The van der Waals surface area contributed by atoms with Crippen LogP contribution in [0.2, 0.25) is 0 Å². The van der Waals surface area contributed by atoms with Crippen molar-refractivity contribution < 1.29 is 4.79 Å². The lowest BCUT2D eigenvalue weighted by Crippen LogP contribution is -2.21. The number of carbonyl (C=O) groups is 1. The molecule has 0 saturated heterocycles. The maximum Gasteiger partial charge on any atom is 0.226 e. The number of pyridine rings is 1. The van der Waals surface area contributed by atoms with Crippen LogP contribution < -0.4 is 10.2 Å². The van der Waals surface area contributed by atoms with E-state index in [0.717, 1.165) is 30.8 Å². The molecule has 4 heteroatoms. The first-order chi connectivity index (χ1) is 11.8. The third-order valence-electron chi connectivity index (χ3n) is 4.39. The van der Waals surface area contributed by atoms with Gasteiger partial charge in [0.2, 0.25) is 5.91 Å². The van der Waals surface area contributed by atoms with E-state index >= 15 is 0 Å². The Morgan fingerprint density at radius 1 is 1.24 bits per heavy atom. The lowest BCUT2D eigenvalue weighted by molar-refractivity contribution is -0.117. The van der Waals surface area contributed by atoms with Crippen molar-refractivity contribution in [3.63, 3.8) is 0 Å². The summed E-state index contributed by atoms with van der Waals surface area (Å²) in [7, 11) is 0. The summed E-state index contributed by atoms with van der Waals surface area (Å²) in [5, 5.41) is 2.99. The van der Waals surface area contributed by atoms with E-state index in [4.69, 9.17) is 4.98 Å². The molecule has 0 radical (unpaired) electrons. The summed E-state index contributed by atoms with van der Waals surface area (Å²) in [4.78, 5) is 19.3. The smallest absolute Gasteiger partial charge is 0.226 e. The molecule has 1 aromatic heterocycles. The molecule has 132 valence electrons. The van der Waals surface area contributed by atoms with E-state index in [9.17, 15) is 4.79 Å². The summed E-state index contributed by atoms with van der Waals surface area (Å²) in [5.41, 5.74) is 4.56. The zero-order chi connectivity index (χ0) is 18.0. The van der Waals surface area contributed by atoms with E-state index < -0.39 is 0 Å². The summed E-state index contributed by atoms with van der Waals surface area (Å²) in [6.45, 7) is 10.1. The van der Waals surface area contributed by atoms with Gasteiger partial charge in [-0.3, -0.25) is 4.79 Å². The molecule has 0 bridgehead atoms. The lowest BCUT2D eigenvalue weighted by atomic mass is 9.92. The summed E-state index contributed by atoms with van der Waals surface area (Å²) < 4.78 is 0. The molecule has 25 heavy (non-hydrogen) atoms. The molecule has 2 heterocycles. The normalized spacial score (nSPS) is 13.7. The molecule has 0 fully saturated rings. The van der Waals surface area contributed by atoms with Gasteiger partial charge in [-0.15, -0.1) is 0 Å². The van der Waals surface area contributed by atoms with Crippen LogP contribution in [0.25, 0.3) is 0 Å². The van der Waals surface area contributed by atoms with Gasteiger partial charge < -0.3 is 10.2 Å². The van der Waals surface area contributed by atoms with Crippen LogP contribution in [0.5, 0.6) is 0 Å². The highest BCUT2D eigenvalue weighted by molar-refractivity contribution is 5.91. The number of nitrogens with one attached hydrogen (secondary N) is 1. The van der Waals surface area contributed by atoms with Gasteiger partial charge >= 0.3 is 0 Å². The first-order valence-corrected chi connectivity index (χ1v) is 8.91. The van der Waals surface area contributed by atoms with Gasteiger partial charge in [-0.05, 0) is 29.5 Å². The average Bonchev–Trinajstić information content (AvgIpc) is 2.89. The number of hydrogen-bond acceptors (Lipinski definition) is 3. The Labute approximate surface area is 150 Å². The summed E-state index contributed by atoms with van der Waals surface area (Å²) >= 11 is 0. The molecule has 1 amide bonds. The lowest BCUT2D eigenvalue weighted by Gasteiger charge is -2.21. The number of aromatic nitrogens is 1. The summed E-state index contributed by atoms with van der Waals surface area (Å²) in [5.74, 6) is 0.733. The molecule has 2 aromatic rings. The van der Waals surface area contributed by atoms with Crippen molar-refractivity contribution in [3.05, 3.63) is 53.2 Å². The van der Waals surface area contributed by atoms with Crippen LogP contribution in [-0.4, -0.2) is 17.4 Å². The SMILES string of the molecule is Cc1cc2c(nc1NC(=O)CC(C)(C)C)CCN2Cc1ccccc1. The maximum absolute atomic E-state index is 12.2. The Hall–Kier alpha value is -2.36. The summed E-state index contributed by atoms with van der Waals surface area (Å²) in [6.07, 6.45) is 1.41. The number of nitrogens with zero attached hydrogens (tertiary/aromatic N) is 2. The minimum atomic E-state index is -0.0266. The minimum Gasteiger partial charge on any atom is -0.365 e. The van der Waals surface area contributed by atoms with Gasteiger partial charge in [-0.1, -0.05) is 51.1 Å². The molecule has 0 atom stereocenters. The van der Waals surface area contributed by atoms with Crippen molar-refractivity contribution >= 4 is 17.4 Å². The van der Waals surface area contributed by atoms with Crippen molar-refractivity contribution in [3.8, 4) is 0 Å². The largest absolute Gasteiger partial charge is 0.365 e. The highest BCUT2D eigenvalue weighted by atomic mass is 16.1. The molecule has 1 aliphatic rings. The van der Waals surface area contributed by atoms with Gasteiger partial charge in [0.05, 0.1) is 11.4 Å². The predicted octanol–water partition coefficient (Wildman–Crippen LogP) is 4.33. The number of hydrogen-bond donors (Lipinski definition) is 1. The highest BCUT2D eigenvalue weighted by Gasteiger charge is 2.23. The Morgan fingerprint density at radius 3 is 2.64 bits per heavy atom. The number of anilines is 2. The Morgan fingerprint density at radius 2 is 1.96 bits per heavy atom. The number of benzene rings is 1. The van der Waals surface area contributed by atoms with Gasteiger partial charge in [0.15, 0.2) is 0 Å². The molecule has 0 spiro atoms. The fraction of sp³-hybridized carbons (Fsp3) is 0.429. The number of carbonyl (C=O) groups excluding carboxylic acids is 1. The molecule has 0 aliphatic carbocycles. The van der Waals surface area contributed by atoms with Gasteiger partial charge in [0, 0.05) is 25.9 Å². The van der Waals surface area contributed by atoms with Gasteiger partial charge in [0.1, 0.15) is 5.82 Å². The van der Waals surface area contributed by atoms with E-state index in [1.807, 2.05) is 13.0 Å². The number of rotatable bonds is 4. The van der Waals surface area contributed by atoms with E-state index in [1.54, 1.807) is 0 Å². The summed E-state index contributed by atoms with van der Waals surface area (Å²) in [6, 6.07) is 12.6. The van der Waals surface area contributed by atoms with Crippen molar-refractivity contribution in [2.24, 2.45) is 5.41 Å². The Bertz CT molecular complexity index is 763. The minimum absolute atomic E-state index is 0.0266. The van der Waals surface area contributed by atoms with Gasteiger partial charge in [-0.2, -0.15) is 0 Å². The van der Waals surface area contributed by atoms with Crippen LogP contribution in [0, 0.1) is 12.3 Å². The Kier molecular flexibility index (Phi) is 4.80. The quantitative estimate of drug-likeness (QED) is 0.903. The van der Waals surface area contributed by atoms with Crippen LogP contribution in [0.4, 0.5) is 11.5 Å². The molecule has 3 rings (SSSR count). The van der Waals surface area contributed by atoms with E-state index in [2.05, 4.69) is 61.3 Å². The second kappa shape index (κ2) is 6.87. The van der Waals surface area contributed by atoms with Crippen molar-refractivity contribution in [1.82, 2.24) is 4.98 Å². The van der Waals surface area contributed by atoms with Crippen molar-refractivity contribution in [2.45, 2.75) is 47.1 Å². The standard InChI is InChI=1S/C21H27N3O/c1-15-12-18-17(22-20(15)23-19(25)13-21(2,3)4)10-11-24(18)14-16-8-6-5-7-9-16/h5-9,12H,10-11,13-14H2,1-4H3,(H,22,23,25). The average molecular weight is 337 g/mol. The molecule has 0 saturated carbocycles. The second-order valence-corrected chi connectivity index (χ2v) is 8.06. The van der Waals surface area contributed by atoms with Crippen LogP contribution in [0.15, 0.2) is 36.4 Å². The molecule has 1 N–H and O–H groups in total. The molecular formula is C21H27N3O.